The maximum atomic E-state index is 15.4. The lowest BCUT2D eigenvalue weighted by Gasteiger charge is -2.47. The Bertz CT molecular complexity index is 1580. The van der Waals surface area contributed by atoms with E-state index in [9.17, 15) is 9.18 Å². The predicted octanol–water partition coefficient (Wildman–Crippen LogP) is 5.64. The second kappa shape index (κ2) is 9.04. The number of aryl methyl sites for hydroxylation is 1. The van der Waals surface area contributed by atoms with E-state index in [0.717, 1.165) is 35.9 Å². The van der Waals surface area contributed by atoms with E-state index in [2.05, 4.69) is 67.3 Å². The second-order valence-electron chi connectivity index (χ2n) is 9.98. The van der Waals surface area contributed by atoms with E-state index in [4.69, 9.17) is 10.7 Å². The molecule has 194 valence electrons. The van der Waals surface area contributed by atoms with Crippen LogP contribution in [0.3, 0.4) is 0 Å². The first-order chi connectivity index (χ1) is 17.6. The zero-order valence-corrected chi connectivity index (χ0v) is 24.6. The Hall–Kier alpha value is -2.00. The first-order valence-electron chi connectivity index (χ1n) is 12.3. The number of nitrogens with zero attached hydrogens (tertiary/aromatic N) is 3. The molecule has 1 fully saturated rings. The molecule has 3 heterocycles. The number of halogens is 4. The Morgan fingerprint density at radius 1 is 1.30 bits per heavy atom. The number of anilines is 1. The molecular formula is C26H26F2I2N6O. The molecule has 2 aromatic carbocycles. The molecule has 4 atom stereocenters. The van der Waals surface area contributed by atoms with Crippen LogP contribution >= 0.6 is 45.2 Å². The monoisotopic (exact) mass is 730 g/mol. The molecule has 37 heavy (non-hydrogen) atoms. The van der Waals surface area contributed by atoms with E-state index >= 15 is 4.39 Å². The number of carbonyl (C=O) groups is 1. The minimum atomic E-state index is -0.526. The van der Waals surface area contributed by atoms with E-state index in [0.29, 0.717) is 29.1 Å². The van der Waals surface area contributed by atoms with Crippen LogP contribution in [-0.2, 0) is 7.05 Å². The standard InChI is InChI=1S/C26H26F2I2N6O/c1-3-14-11-32-20-15(27)5-4-12-10-18(36(14)21(12)20)23-33-17-9-13(8-16(28)22(17)35(23)2)24(37)34-25(30)26(31)7-6-19(26)29/h4-5,8-10,14,19,25,32H,3,6-7,11,31H2,1-2H3,(H,34,37)/t14?,19-,25+,26+/m1/s1. The van der Waals surface area contributed by atoms with Crippen molar-refractivity contribution in [2.24, 2.45) is 12.8 Å². The number of rotatable bonds is 5. The van der Waals surface area contributed by atoms with Gasteiger partial charge >= 0.3 is 0 Å². The first-order valence-corrected chi connectivity index (χ1v) is 14.7. The number of hydrogen-bond donors (Lipinski definition) is 3. The van der Waals surface area contributed by atoms with Gasteiger partial charge in [-0.3, -0.25) is 4.79 Å². The van der Waals surface area contributed by atoms with Crippen LogP contribution in [0.5, 0.6) is 0 Å². The summed E-state index contributed by atoms with van der Waals surface area (Å²) in [6.07, 6.45) is 2.68. The van der Waals surface area contributed by atoms with Crippen LogP contribution in [0, 0.1) is 11.6 Å². The molecule has 4 aromatic rings. The predicted molar refractivity (Wildman–Crippen MR) is 159 cm³/mol. The van der Waals surface area contributed by atoms with Crippen molar-refractivity contribution in [1.29, 1.82) is 0 Å². The van der Waals surface area contributed by atoms with Crippen molar-refractivity contribution >= 4 is 78.7 Å². The third-order valence-electron chi connectivity index (χ3n) is 7.86. The molecule has 1 aliphatic carbocycles. The number of carbonyl (C=O) groups excluding carboxylic acids is 1. The molecule has 6 rings (SSSR count). The lowest BCUT2D eigenvalue weighted by Crippen LogP contribution is -2.66. The lowest BCUT2D eigenvalue weighted by molar-refractivity contribution is 0.0928. The number of benzene rings is 2. The van der Waals surface area contributed by atoms with Crippen LogP contribution in [0.1, 0.15) is 42.6 Å². The Balaban J connectivity index is 1.44. The Morgan fingerprint density at radius 3 is 2.76 bits per heavy atom. The van der Waals surface area contributed by atoms with Crippen LogP contribution in [0.25, 0.3) is 33.5 Å². The average Bonchev–Trinajstić information content (AvgIpc) is 3.43. The number of aromatic nitrogens is 3. The van der Waals surface area contributed by atoms with E-state index in [-0.39, 0.29) is 31.3 Å². The maximum Gasteiger partial charge on any atom is 0.252 e. The highest BCUT2D eigenvalue weighted by molar-refractivity contribution is 14.1. The molecule has 1 amide bonds. The maximum absolute atomic E-state index is 15.4. The molecule has 0 bridgehead atoms. The van der Waals surface area contributed by atoms with Crippen molar-refractivity contribution in [3.05, 3.63) is 47.5 Å². The summed E-state index contributed by atoms with van der Waals surface area (Å²) in [4.78, 5) is 17.8. The first kappa shape index (κ1) is 25.3. The average molecular weight is 730 g/mol. The van der Waals surface area contributed by atoms with Gasteiger partial charge in [0, 0.05) is 28.5 Å². The van der Waals surface area contributed by atoms with E-state index < -0.39 is 11.4 Å². The van der Waals surface area contributed by atoms with Gasteiger partial charge in [0.1, 0.15) is 17.2 Å². The summed E-state index contributed by atoms with van der Waals surface area (Å²) >= 11 is 4.48. The lowest BCUT2D eigenvalue weighted by atomic mass is 9.77. The smallest absolute Gasteiger partial charge is 0.252 e. The van der Waals surface area contributed by atoms with Gasteiger partial charge in [-0.15, -0.1) is 0 Å². The summed E-state index contributed by atoms with van der Waals surface area (Å²) in [5.74, 6) is -0.650. The van der Waals surface area contributed by atoms with Gasteiger partial charge in [0.15, 0.2) is 5.82 Å². The highest BCUT2D eigenvalue weighted by Gasteiger charge is 2.47. The molecule has 1 aliphatic heterocycles. The summed E-state index contributed by atoms with van der Waals surface area (Å²) in [6.45, 7) is 2.67. The molecule has 2 aromatic heterocycles. The van der Waals surface area contributed by atoms with Crippen LogP contribution in [0.2, 0.25) is 0 Å². The van der Waals surface area contributed by atoms with Crippen molar-refractivity contribution in [3.8, 4) is 11.5 Å². The number of nitrogens with two attached hydrogens (primary N) is 1. The fourth-order valence-corrected chi connectivity index (χ4v) is 8.21. The quantitative estimate of drug-likeness (QED) is 0.141. The highest BCUT2D eigenvalue weighted by Crippen LogP contribution is 2.42. The normalized spacial score (nSPS) is 23.6. The van der Waals surface area contributed by atoms with Crippen LogP contribution < -0.4 is 16.4 Å². The fourth-order valence-electron chi connectivity index (χ4n) is 5.52. The molecule has 1 unspecified atom stereocenters. The number of amides is 1. The van der Waals surface area contributed by atoms with Crippen LogP contribution in [0.15, 0.2) is 30.3 Å². The summed E-state index contributed by atoms with van der Waals surface area (Å²) in [6, 6.07) is 8.15. The van der Waals surface area contributed by atoms with Crippen LogP contribution in [0.4, 0.5) is 14.5 Å². The topological polar surface area (TPSA) is 89.9 Å². The summed E-state index contributed by atoms with van der Waals surface area (Å²) < 4.78 is 33.9. The minimum Gasteiger partial charge on any atom is -0.379 e. The van der Waals surface area contributed by atoms with Gasteiger partial charge in [-0.1, -0.05) is 52.1 Å². The van der Waals surface area contributed by atoms with Crippen molar-refractivity contribution in [2.45, 2.75) is 45.7 Å². The molecule has 0 radical (unpaired) electrons. The number of imidazole rings is 1. The largest absolute Gasteiger partial charge is 0.379 e. The van der Waals surface area contributed by atoms with Gasteiger partial charge in [-0.05, 0) is 49.6 Å². The Morgan fingerprint density at radius 2 is 2.08 bits per heavy atom. The molecule has 0 spiro atoms. The van der Waals surface area contributed by atoms with E-state index in [1.165, 1.54) is 12.1 Å². The van der Waals surface area contributed by atoms with Gasteiger partial charge in [0.05, 0.1) is 38.0 Å². The van der Waals surface area contributed by atoms with Gasteiger partial charge < -0.3 is 25.5 Å². The summed E-state index contributed by atoms with van der Waals surface area (Å²) in [5, 5.41) is 7.07. The zero-order chi connectivity index (χ0) is 26.2. The minimum absolute atomic E-state index is 0.0882. The number of alkyl halides is 2. The molecule has 4 N–H and O–H groups in total. The van der Waals surface area contributed by atoms with Crippen LogP contribution in [-0.4, -0.2) is 40.1 Å². The highest BCUT2D eigenvalue weighted by atomic mass is 127. The summed E-state index contributed by atoms with van der Waals surface area (Å²) in [5.41, 5.74) is 8.95. The number of fused-ring (bicyclic) bond motifs is 1. The SMILES string of the molecule is CCC1CNc2c(F)ccc3cc(-c4nc5cc(C(=O)N[C@H](I)[C@]6(N)CC[C@H]6I)cc(F)c5n4C)n1c23. The number of nitrogens with one attached hydrogen (secondary N) is 2. The third kappa shape index (κ3) is 3.78. The third-order valence-corrected chi connectivity index (χ3v) is 11.1. The van der Waals surface area contributed by atoms with Gasteiger partial charge in [0.25, 0.3) is 5.91 Å². The number of hydrogen-bond acceptors (Lipinski definition) is 4. The van der Waals surface area contributed by atoms with Crippen molar-refractivity contribution < 1.29 is 13.6 Å². The van der Waals surface area contributed by atoms with Crippen molar-refractivity contribution in [2.75, 3.05) is 11.9 Å². The van der Waals surface area contributed by atoms with Crippen molar-refractivity contribution in [1.82, 2.24) is 19.4 Å². The molecule has 11 heteroatoms. The molecular weight excluding hydrogens is 704 g/mol. The molecule has 0 saturated heterocycles. The zero-order valence-electron chi connectivity index (χ0n) is 20.3. The molecule has 1 saturated carbocycles. The Labute approximate surface area is 239 Å². The van der Waals surface area contributed by atoms with Gasteiger partial charge in [-0.25, -0.2) is 13.8 Å². The van der Waals surface area contributed by atoms with Crippen molar-refractivity contribution in [3.63, 3.8) is 0 Å². The second-order valence-corrected chi connectivity index (χ2v) is 12.7. The molecule has 7 nitrogen and oxygen atoms in total. The van der Waals surface area contributed by atoms with E-state index in [1.54, 1.807) is 23.7 Å². The fraction of sp³-hybridized carbons (Fsp3) is 0.385. The van der Waals surface area contributed by atoms with E-state index in [1.807, 2.05) is 6.07 Å². The van der Waals surface area contributed by atoms with Gasteiger partial charge in [-0.2, -0.15) is 0 Å². The van der Waals surface area contributed by atoms with Gasteiger partial charge in [0.2, 0.25) is 0 Å². The summed E-state index contributed by atoms with van der Waals surface area (Å²) in [7, 11) is 1.76. The molecule has 2 aliphatic rings. The Kier molecular flexibility index (Phi) is 6.18.